The highest BCUT2D eigenvalue weighted by atomic mass is 16.5. The monoisotopic (exact) mass is 279 g/mol. The second-order valence-electron chi connectivity index (χ2n) is 4.81. The molecule has 1 aliphatic rings. The van der Waals surface area contributed by atoms with Gasteiger partial charge in [-0.1, -0.05) is 6.92 Å². The van der Waals surface area contributed by atoms with E-state index in [0.717, 1.165) is 69.6 Å². The Morgan fingerprint density at radius 2 is 1.85 bits per heavy atom. The van der Waals surface area contributed by atoms with E-state index in [-0.39, 0.29) is 0 Å². The van der Waals surface area contributed by atoms with Crippen LogP contribution in [0.5, 0.6) is 0 Å². The zero-order valence-corrected chi connectivity index (χ0v) is 12.5. The van der Waals surface area contributed by atoms with Crippen LogP contribution in [-0.2, 0) is 11.2 Å². The molecule has 0 amide bonds. The molecule has 6 heteroatoms. The van der Waals surface area contributed by atoms with E-state index in [1.54, 1.807) is 6.33 Å². The molecule has 1 saturated heterocycles. The standard InChI is InChI=1S/C14H25N5O/c1-3-12-13(15-4-2)17-11-18-14(12)16-5-6-19-7-9-20-10-8-19/h11H,3-10H2,1-2H3,(H2,15,16,17,18). The van der Waals surface area contributed by atoms with Gasteiger partial charge in [0.25, 0.3) is 0 Å². The largest absolute Gasteiger partial charge is 0.379 e. The molecule has 0 aromatic carbocycles. The van der Waals surface area contributed by atoms with Gasteiger partial charge in [-0.2, -0.15) is 0 Å². The van der Waals surface area contributed by atoms with Crippen LogP contribution in [0.1, 0.15) is 19.4 Å². The Morgan fingerprint density at radius 1 is 1.15 bits per heavy atom. The Hall–Kier alpha value is -1.40. The number of nitrogens with zero attached hydrogens (tertiary/aromatic N) is 3. The van der Waals surface area contributed by atoms with E-state index in [0.29, 0.717) is 0 Å². The SMILES string of the molecule is CCNc1ncnc(NCCN2CCOCC2)c1CC. The quantitative estimate of drug-likeness (QED) is 0.782. The first-order chi connectivity index (χ1) is 9.85. The number of rotatable bonds is 7. The van der Waals surface area contributed by atoms with Gasteiger partial charge in [0, 0.05) is 38.3 Å². The molecule has 112 valence electrons. The van der Waals surface area contributed by atoms with Crippen molar-refractivity contribution < 1.29 is 4.74 Å². The van der Waals surface area contributed by atoms with Crippen molar-refractivity contribution in [2.75, 3.05) is 56.6 Å². The molecule has 0 saturated carbocycles. The summed E-state index contributed by atoms with van der Waals surface area (Å²) in [7, 11) is 0. The normalized spacial score (nSPS) is 16.1. The zero-order valence-electron chi connectivity index (χ0n) is 12.5. The second-order valence-corrected chi connectivity index (χ2v) is 4.81. The Morgan fingerprint density at radius 3 is 2.50 bits per heavy atom. The summed E-state index contributed by atoms with van der Waals surface area (Å²) in [5, 5.41) is 6.73. The Labute approximate surface area is 120 Å². The predicted molar refractivity (Wildman–Crippen MR) is 81.3 cm³/mol. The van der Waals surface area contributed by atoms with Crippen molar-refractivity contribution in [3.63, 3.8) is 0 Å². The molecule has 0 spiro atoms. The smallest absolute Gasteiger partial charge is 0.134 e. The Balaban J connectivity index is 1.89. The maximum absolute atomic E-state index is 5.35. The van der Waals surface area contributed by atoms with Gasteiger partial charge in [-0.15, -0.1) is 0 Å². The van der Waals surface area contributed by atoms with Gasteiger partial charge < -0.3 is 15.4 Å². The Bertz CT molecular complexity index is 407. The fourth-order valence-corrected chi connectivity index (χ4v) is 2.38. The third kappa shape index (κ3) is 4.05. The van der Waals surface area contributed by atoms with Gasteiger partial charge in [-0.05, 0) is 13.3 Å². The minimum atomic E-state index is 0.846. The number of aromatic nitrogens is 2. The first-order valence-electron chi connectivity index (χ1n) is 7.46. The highest BCUT2D eigenvalue weighted by Crippen LogP contribution is 2.19. The summed E-state index contributed by atoms with van der Waals surface area (Å²) < 4.78 is 5.35. The fourth-order valence-electron chi connectivity index (χ4n) is 2.38. The molecule has 20 heavy (non-hydrogen) atoms. The van der Waals surface area contributed by atoms with Crippen LogP contribution >= 0.6 is 0 Å². The summed E-state index contributed by atoms with van der Waals surface area (Å²) in [5.41, 5.74) is 1.16. The molecule has 0 atom stereocenters. The zero-order chi connectivity index (χ0) is 14.2. The third-order valence-corrected chi connectivity index (χ3v) is 3.47. The molecule has 0 aliphatic carbocycles. The summed E-state index contributed by atoms with van der Waals surface area (Å²) in [5.74, 6) is 1.89. The van der Waals surface area contributed by atoms with Crippen LogP contribution in [0.25, 0.3) is 0 Å². The van der Waals surface area contributed by atoms with Crippen molar-refractivity contribution in [3.8, 4) is 0 Å². The maximum atomic E-state index is 5.35. The van der Waals surface area contributed by atoms with Crippen LogP contribution in [-0.4, -0.2) is 60.8 Å². The lowest BCUT2D eigenvalue weighted by atomic mass is 10.2. The van der Waals surface area contributed by atoms with E-state index in [4.69, 9.17) is 4.74 Å². The van der Waals surface area contributed by atoms with Crippen LogP contribution in [0.3, 0.4) is 0 Å². The minimum absolute atomic E-state index is 0.846. The number of anilines is 2. The molecule has 6 nitrogen and oxygen atoms in total. The lowest BCUT2D eigenvalue weighted by Gasteiger charge is -2.26. The predicted octanol–water partition coefficient (Wildman–Crippen LogP) is 1.21. The third-order valence-electron chi connectivity index (χ3n) is 3.47. The molecule has 1 fully saturated rings. The van der Waals surface area contributed by atoms with E-state index < -0.39 is 0 Å². The lowest BCUT2D eigenvalue weighted by molar-refractivity contribution is 0.0398. The highest BCUT2D eigenvalue weighted by molar-refractivity contribution is 5.57. The van der Waals surface area contributed by atoms with E-state index in [2.05, 4.69) is 39.3 Å². The van der Waals surface area contributed by atoms with Gasteiger partial charge in [-0.25, -0.2) is 9.97 Å². The Kier molecular flexibility index (Phi) is 6.01. The van der Waals surface area contributed by atoms with Gasteiger partial charge in [0.05, 0.1) is 13.2 Å². The summed E-state index contributed by atoms with van der Waals surface area (Å²) in [4.78, 5) is 11.1. The van der Waals surface area contributed by atoms with Crippen molar-refractivity contribution in [3.05, 3.63) is 11.9 Å². The molecule has 1 aliphatic heterocycles. The van der Waals surface area contributed by atoms with Crippen molar-refractivity contribution in [1.29, 1.82) is 0 Å². The van der Waals surface area contributed by atoms with Crippen LogP contribution in [0.4, 0.5) is 11.6 Å². The average molecular weight is 279 g/mol. The van der Waals surface area contributed by atoms with Gasteiger partial charge in [0.1, 0.15) is 18.0 Å². The molecule has 0 radical (unpaired) electrons. The van der Waals surface area contributed by atoms with Crippen LogP contribution in [0, 0.1) is 0 Å². The number of hydrogen-bond donors (Lipinski definition) is 2. The van der Waals surface area contributed by atoms with Crippen molar-refractivity contribution in [2.45, 2.75) is 20.3 Å². The average Bonchev–Trinajstić information content (AvgIpc) is 2.49. The molecule has 2 rings (SSSR count). The van der Waals surface area contributed by atoms with E-state index in [9.17, 15) is 0 Å². The number of hydrogen-bond acceptors (Lipinski definition) is 6. The summed E-state index contributed by atoms with van der Waals surface area (Å²) in [6.45, 7) is 10.7. The molecular formula is C14H25N5O. The van der Waals surface area contributed by atoms with Gasteiger partial charge in [-0.3, -0.25) is 4.90 Å². The van der Waals surface area contributed by atoms with Crippen molar-refractivity contribution in [2.24, 2.45) is 0 Å². The molecule has 2 N–H and O–H groups in total. The molecular weight excluding hydrogens is 254 g/mol. The van der Waals surface area contributed by atoms with Crippen molar-refractivity contribution in [1.82, 2.24) is 14.9 Å². The van der Waals surface area contributed by atoms with E-state index in [1.807, 2.05) is 0 Å². The first-order valence-corrected chi connectivity index (χ1v) is 7.46. The number of morpholine rings is 1. The topological polar surface area (TPSA) is 62.3 Å². The number of nitrogens with one attached hydrogen (secondary N) is 2. The highest BCUT2D eigenvalue weighted by Gasteiger charge is 2.11. The summed E-state index contributed by atoms with van der Waals surface area (Å²) in [6.07, 6.45) is 2.54. The van der Waals surface area contributed by atoms with E-state index >= 15 is 0 Å². The molecule has 0 unspecified atom stereocenters. The summed E-state index contributed by atoms with van der Waals surface area (Å²) in [6, 6.07) is 0. The molecule has 1 aromatic heterocycles. The van der Waals surface area contributed by atoms with Gasteiger partial charge in [0.15, 0.2) is 0 Å². The van der Waals surface area contributed by atoms with Crippen molar-refractivity contribution >= 4 is 11.6 Å². The minimum Gasteiger partial charge on any atom is -0.379 e. The second kappa shape index (κ2) is 8.01. The van der Waals surface area contributed by atoms with Gasteiger partial charge >= 0.3 is 0 Å². The van der Waals surface area contributed by atoms with Gasteiger partial charge in [0.2, 0.25) is 0 Å². The maximum Gasteiger partial charge on any atom is 0.134 e. The number of ether oxygens (including phenoxy) is 1. The first kappa shape index (κ1) is 15.0. The van der Waals surface area contributed by atoms with E-state index in [1.165, 1.54) is 0 Å². The molecule has 1 aromatic rings. The van der Waals surface area contributed by atoms with Crippen LogP contribution in [0.2, 0.25) is 0 Å². The van der Waals surface area contributed by atoms with Crippen LogP contribution in [0.15, 0.2) is 6.33 Å². The van der Waals surface area contributed by atoms with Crippen LogP contribution < -0.4 is 10.6 Å². The fraction of sp³-hybridized carbons (Fsp3) is 0.714. The summed E-state index contributed by atoms with van der Waals surface area (Å²) >= 11 is 0. The molecule has 0 bridgehead atoms. The molecule has 2 heterocycles. The lowest BCUT2D eigenvalue weighted by Crippen LogP contribution is -2.39.